The van der Waals surface area contributed by atoms with Gasteiger partial charge in [0, 0.05) is 23.1 Å². The molecule has 0 unspecified atom stereocenters. The number of halogens is 1. The molecule has 0 aromatic heterocycles. The Balaban J connectivity index is 1.77. The number of aryl methyl sites for hydroxylation is 1. The number of benzene rings is 2. The van der Waals surface area contributed by atoms with Crippen molar-refractivity contribution in [1.29, 1.82) is 0 Å². The smallest absolute Gasteiger partial charge is 0.234 e. The zero-order valence-electron chi connectivity index (χ0n) is 14.5. The lowest BCUT2D eigenvalue weighted by Crippen LogP contribution is -2.11. The fraction of sp³-hybridized carbons (Fsp3) is 0.286. The van der Waals surface area contributed by atoms with Crippen LogP contribution in [0.4, 0.5) is 0 Å². The van der Waals surface area contributed by atoms with Crippen LogP contribution in [0.5, 0.6) is 0 Å². The highest BCUT2D eigenvalue weighted by Gasteiger charge is 1.99. The third kappa shape index (κ3) is 7.37. The molecule has 0 saturated heterocycles. The van der Waals surface area contributed by atoms with E-state index >= 15 is 0 Å². The average Bonchev–Trinajstić information content (AvgIpc) is 2.67. The van der Waals surface area contributed by atoms with Crippen LogP contribution in [0, 0.1) is 0 Å². The molecular formula is C21H24ClNOS. The second-order valence-corrected chi connectivity index (χ2v) is 7.00. The Morgan fingerprint density at radius 3 is 2.12 bits per heavy atom. The van der Waals surface area contributed by atoms with Crippen LogP contribution in [-0.4, -0.2) is 12.2 Å². The maximum absolute atomic E-state index is 11.0. The van der Waals surface area contributed by atoms with Crippen LogP contribution in [-0.2, 0) is 11.2 Å². The summed E-state index contributed by atoms with van der Waals surface area (Å²) in [4.78, 5) is 14.4. The van der Waals surface area contributed by atoms with E-state index in [0.29, 0.717) is 6.42 Å². The largest absolute Gasteiger partial charge is 0.274 e. The fourth-order valence-corrected chi connectivity index (χ4v) is 3.04. The van der Waals surface area contributed by atoms with Crippen LogP contribution >= 0.6 is 23.5 Å². The minimum Gasteiger partial charge on any atom is -0.274 e. The molecule has 2 aromatic rings. The summed E-state index contributed by atoms with van der Waals surface area (Å²) in [5.41, 5.74) is 3.75. The standard InChI is InChI=1S/C21H24ClNOS/c1-25-20-15-13-19(14-16-20)12-11-18-9-7-17(8-10-18)5-3-2-4-6-21(24)23-22/h7-16H,2-6H2,1H3,(H,23,24)/b12-11+. The summed E-state index contributed by atoms with van der Waals surface area (Å²) in [5, 5.41) is 0. The van der Waals surface area contributed by atoms with Crippen LogP contribution in [0.25, 0.3) is 12.2 Å². The molecule has 1 N–H and O–H groups in total. The zero-order valence-corrected chi connectivity index (χ0v) is 16.1. The Hall–Kier alpha value is -1.71. The number of carbonyl (C=O) groups excluding carboxylic acids is 1. The zero-order chi connectivity index (χ0) is 17.9. The highest BCUT2D eigenvalue weighted by molar-refractivity contribution is 7.98. The molecule has 0 radical (unpaired) electrons. The van der Waals surface area contributed by atoms with E-state index in [9.17, 15) is 4.79 Å². The molecule has 2 aromatic carbocycles. The highest BCUT2D eigenvalue weighted by atomic mass is 35.5. The summed E-state index contributed by atoms with van der Waals surface area (Å²) in [5.74, 6) is -0.0964. The molecule has 2 rings (SSSR count). The van der Waals surface area contributed by atoms with Crippen molar-refractivity contribution in [3.63, 3.8) is 0 Å². The molecule has 0 saturated carbocycles. The predicted octanol–water partition coefficient (Wildman–Crippen LogP) is 5.95. The maximum atomic E-state index is 11.0. The van der Waals surface area contributed by atoms with Crippen LogP contribution in [0.15, 0.2) is 53.4 Å². The molecule has 0 atom stereocenters. The molecule has 0 bridgehead atoms. The van der Waals surface area contributed by atoms with Gasteiger partial charge in [0.05, 0.1) is 0 Å². The van der Waals surface area contributed by atoms with Gasteiger partial charge in [-0.1, -0.05) is 55.0 Å². The van der Waals surface area contributed by atoms with Crippen molar-refractivity contribution in [3.05, 3.63) is 65.2 Å². The lowest BCUT2D eigenvalue weighted by molar-refractivity contribution is -0.119. The van der Waals surface area contributed by atoms with Gasteiger partial charge in [-0.3, -0.25) is 9.63 Å². The predicted molar refractivity (Wildman–Crippen MR) is 110 cm³/mol. The van der Waals surface area contributed by atoms with Crippen molar-refractivity contribution in [3.8, 4) is 0 Å². The van der Waals surface area contributed by atoms with E-state index in [2.05, 4.69) is 71.8 Å². The Morgan fingerprint density at radius 2 is 1.56 bits per heavy atom. The monoisotopic (exact) mass is 373 g/mol. The summed E-state index contributed by atoms with van der Waals surface area (Å²) >= 11 is 7.00. The van der Waals surface area contributed by atoms with Gasteiger partial charge in [-0.2, -0.15) is 0 Å². The first kappa shape index (κ1) is 19.6. The quantitative estimate of drug-likeness (QED) is 0.254. The van der Waals surface area contributed by atoms with E-state index in [-0.39, 0.29) is 5.91 Å². The van der Waals surface area contributed by atoms with Crippen molar-refractivity contribution in [2.24, 2.45) is 0 Å². The van der Waals surface area contributed by atoms with Crippen molar-refractivity contribution in [2.45, 2.75) is 37.0 Å². The summed E-state index contributed by atoms with van der Waals surface area (Å²) < 4.78 is 0. The Kier molecular flexibility index (Phi) is 8.64. The van der Waals surface area contributed by atoms with Crippen LogP contribution in [0.3, 0.4) is 0 Å². The Labute approximate surface area is 159 Å². The average molecular weight is 374 g/mol. The number of carbonyl (C=O) groups is 1. The molecule has 0 spiro atoms. The van der Waals surface area contributed by atoms with Gasteiger partial charge in [-0.15, -0.1) is 11.8 Å². The van der Waals surface area contributed by atoms with Crippen LogP contribution in [0.1, 0.15) is 42.4 Å². The van der Waals surface area contributed by atoms with Crippen molar-refractivity contribution < 1.29 is 4.79 Å². The lowest BCUT2D eigenvalue weighted by atomic mass is 10.0. The summed E-state index contributed by atoms with van der Waals surface area (Å²) in [7, 11) is 0. The van der Waals surface area contributed by atoms with E-state index < -0.39 is 0 Å². The minimum absolute atomic E-state index is 0.0964. The van der Waals surface area contributed by atoms with Gasteiger partial charge in [-0.05, 0) is 54.3 Å². The van der Waals surface area contributed by atoms with E-state index in [1.54, 1.807) is 11.8 Å². The van der Waals surface area contributed by atoms with E-state index in [1.165, 1.54) is 21.6 Å². The number of nitrogens with one attached hydrogen (secondary N) is 1. The van der Waals surface area contributed by atoms with Gasteiger partial charge in [0.15, 0.2) is 0 Å². The third-order valence-corrected chi connectivity index (χ3v) is 4.99. The van der Waals surface area contributed by atoms with E-state index in [4.69, 9.17) is 11.8 Å². The van der Waals surface area contributed by atoms with Crippen molar-refractivity contribution in [2.75, 3.05) is 6.26 Å². The maximum Gasteiger partial charge on any atom is 0.234 e. The Bertz CT molecular complexity index is 680. The number of hydrogen-bond donors (Lipinski definition) is 1. The molecule has 132 valence electrons. The number of thioether (sulfide) groups is 1. The second kappa shape index (κ2) is 11.0. The molecule has 2 nitrogen and oxygen atoms in total. The molecular weight excluding hydrogens is 350 g/mol. The fourth-order valence-electron chi connectivity index (χ4n) is 2.54. The normalized spacial score (nSPS) is 11.0. The number of rotatable bonds is 9. The molecule has 0 fully saturated rings. The minimum atomic E-state index is -0.0964. The summed E-state index contributed by atoms with van der Waals surface area (Å²) in [6, 6.07) is 17.2. The van der Waals surface area contributed by atoms with Gasteiger partial charge in [0.25, 0.3) is 0 Å². The van der Waals surface area contributed by atoms with Crippen LogP contribution in [0.2, 0.25) is 0 Å². The molecule has 0 heterocycles. The molecule has 0 aliphatic heterocycles. The first-order valence-electron chi connectivity index (χ1n) is 8.52. The highest BCUT2D eigenvalue weighted by Crippen LogP contribution is 2.17. The SMILES string of the molecule is CSc1ccc(/C=C/c2ccc(CCCCCC(=O)NCl)cc2)cc1. The van der Waals surface area contributed by atoms with Gasteiger partial charge < -0.3 is 0 Å². The van der Waals surface area contributed by atoms with Gasteiger partial charge >= 0.3 is 0 Å². The van der Waals surface area contributed by atoms with E-state index in [1.807, 2.05) is 0 Å². The first-order chi connectivity index (χ1) is 12.2. The topological polar surface area (TPSA) is 29.1 Å². The summed E-state index contributed by atoms with van der Waals surface area (Å²) in [6.45, 7) is 0. The number of hydrogen-bond acceptors (Lipinski definition) is 2. The van der Waals surface area contributed by atoms with Crippen molar-refractivity contribution >= 4 is 41.6 Å². The van der Waals surface area contributed by atoms with Gasteiger partial charge in [0.1, 0.15) is 0 Å². The molecule has 4 heteroatoms. The Morgan fingerprint density at radius 1 is 0.960 bits per heavy atom. The van der Waals surface area contributed by atoms with Gasteiger partial charge in [-0.25, -0.2) is 0 Å². The summed E-state index contributed by atoms with van der Waals surface area (Å²) in [6.07, 6.45) is 10.9. The molecule has 0 aliphatic carbocycles. The molecule has 25 heavy (non-hydrogen) atoms. The van der Waals surface area contributed by atoms with E-state index in [0.717, 1.165) is 25.7 Å². The lowest BCUT2D eigenvalue weighted by Gasteiger charge is -2.03. The second-order valence-electron chi connectivity index (χ2n) is 5.93. The van der Waals surface area contributed by atoms with Crippen molar-refractivity contribution in [1.82, 2.24) is 4.84 Å². The molecule has 0 aliphatic rings. The van der Waals surface area contributed by atoms with Gasteiger partial charge in [0.2, 0.25) is 5.91 Å². The number of unbranched alkanes of at least 4 members (excludes halogenated alkanes) is 2. The first-order valence-corrected chi connectivity index (χ1v) is 10.1. The third-order valence-electron chi connectivity index (χ3n) is 4.04. The molecule has 1 amide bonds. The van der Waals surface area contributed by atoms with Crippen LogP contribution < -0.4 is 4.84 Å². The number of amides is 1.